The number of rotatable bonds is 5. The summed E-state index contributed by atoms with van der Waals surface area (Å²) in [7, 11) is 1.80. The number of carbonyl (C=O) groups excluding carboxylic acids is 1. The van der Waals surface area contributed by atoms with Gasteiger partial charge in [-0.2, -0.15) is 0 Å². The molecule has 2 unspecified atom stereocenters. The third-order valence-electron chi connectivity index (χ3n) is 2.47. The van der Waals surface area contributed by atoms with E-state index in [2.05, 4.69) is 10.6 Å². The second-order valence-electron chi connectivity index (χ2n) is 3.82. The van der Waals surface area contributed by atoms with Gasteiger partial charge in [0.25, 0.3) is 0 Å². The maximum absolute atomic E-state index is 10.7. The molecule has 0 radical (unpaired) electrons. The fraction of sp³-hybridized carbons (Fsp3) is 0.417. The molecule has 94 valence electrons. The van der Waals surface area contributed by atoms with Gasteiger partial charge in [0.05, 0.1) is 0 Å². The lowest BCUT2D eigenvalue weighted by atomic mass is 10.0. The zero-order chi connectivity index (χ0) is 12.8. The molecule has 0 bridgehead atoms. The van der Waals surface area contributed by atoms with Crippen LogP contribution < -0.4 is 10.6 Å². The van der Waals surface area contributed by atoms with Crippen LogP contribution >= 0.6 is 0 Å². The van der Waals surface area contributed by atoms with Crippen molar-refractivity contribution >= 4 is 11.6 Å². The lowest BCUT2D eigenvalue weighted by Crippen LogP contribution is -2.34. The zero-order valence-electron chi connectivity index (χ0n) is 9.97. The van der Waals surface area contributed by atoms with Crippen molar-refractivity contribution < 1.29 is 15.0 Å². The fourth-order valence-electron chi connectivity index (χ4n) is 1.43. The standard InChI is InChI=1S/C12H18N2O3/c1-8(15)14-7-11(16)12(17)9-3-5-10(13-2)6-4-9/h3-6,11-13,16-17H,7H2,1-2H3,(H,14,15). The van der Waals surface area contributed by atoms with E-state index in [1.165, 1.54) is 6.92 Å². The van der Waals surface area contributed by atoms with Gasteiger partial charge in [0.15, 0.2) is 0 Å². The molecule has 0 aliphatic carbocycles. The molecule has 1 aromatic rings. The highest BCUT2D eigenvalue weighted by Crippen LogP contribution is 2.18. The molecule has 2 atom stereocenters. The number of aliphatic hydroxyl groups is 2. The average molecular weight is 238 g/mol. The number of anilines is 1. The lowest BCUT2D eigenvalue weighted by Gasteiger charge is -2.18. The molecule has 4 N–H and O–H groups in total. The van der Waals surface area contributed by atoms with Crippen LogP contribution in [-0.4, -0.2) is 35.8 Å². The maximum atomic E-state index is 10.7. The van der Waals surface area contributed by atoms with E-state index in [0.717, 1.165) is 5.69 Å². The van der Waals surface area contributed by atoms with Crippen LogP contribution in [0.1, 0.15) is 18.6 Å². The summed E-state index contributed by atoms with van der Waals surface area (Å²) in [6.07, 6.45) is -2.02. The normalized spacial score (nSPS) is 13.9. The minimum Gasteiger partial charge on any atom is -0.388 e. The van der Waals surface area contributed by atoms with Crippen molar-refractivity contribution in [3.63, 3.8) is 0 Å². The SMILES string of the molecule is CNc1ccc(C(O)C(O)CNC(C)=O)cc1. The van der Waals surface area contributed by atoms with Crippen molar-refractivity contribution in [2.45, 2.75) is 19.1 Å². The van der Waals surface area contributed by atoms with Crippen LogP contribution in [0.3, 0.4) is 0 Å². The summed E-state index contributed by atoms with van der Waals surface area (Å²) < 4.78 is 0. The Bertz CT molecular complexity index is 365. The molecule has 0 saturated heterocycles. The van der Waals surface area contributed by atoms with Crippen LogP contribution in [0.5, 0.6) is 0 Å². The van der Waals surface area contributed by atoms with Gasteiger partial charge in [-0.05, 0) is 17.7 Å². The molecule has 1 rings (SSSR count). The first kappa shape index (κ1) is 13.5. The summed E-state index contributed by atoms with van der Waals surface area (Å²) in [5, 5.41) is 24.9. The lowest BCUT2D eigenvalue weighted by molar-refractivity contribution is -0.119. The predicted molar refractivity (Wildman–Crippen MR) is 65.6 cm³/mol. The number of aliphatic hydroxyl groups excluding tert-OH is 2. The van der Waals surface area contributed by atoms with Gasteiger partial charge in [-0.1, -0.05) is 12.1 Å². The quantitative estimate of drug-likeness (QED) is 0.593. The molecule has 5 heteroatoms. The number of hydrogen-bond donors (Lipinski definition) is 4. The Morgan fingerprint density at radius 1 is 1.29 bits per heavy atom. The molecule has 0 aliphatic heterocycles. The first-order chi connectivity index (χ1) is 8.04. The summed E-state index contributed by atoms with van der Waals surface area (Å²) in [6.45, 7) is 1.39. The van der Waals surface area contributed by atoms with Crippen LogP contribution in [0.4, 0.5) is 5.69 Å². The Kier molecular flexibility index (Phi) is 4.93. The van der Waals surface area contributed by atoms with Gasteiger partial charge in [-0.3, -0.25) is 4.79 Å². The Hall–Kier alpha value is -1.59. The van der Waals surface area contributed by atoms with Gasteiger partial charge in [-0.25, -0.2) is 0 Å². The molecule has 0 aromatic heterocycles. The molecular formula is C12H18N2O3. The maximum Gasteiger partial charge on any atom is 0.216 e. The molecule has 0 aliphatic rings. The van der Waals surface area contributed by atoms with Crippen molar-refractivity contribution in [3.8, 4) is 0 Å². The molecule has 1 amide bonds. The van der Waals surface area contributed by atoms with E-state index in [9.17, 15) is 15.0 Å². The fourth-order valence-corrected chi connectivity index (χ4v) is 1.43. The van der Waals surface area contributed by atoms with E-state index < -0.39 is 12.2 Å². The van der Waals surface area contributed by atoms with Crippen molar-refractivity contribution in [1.82, 2.24) is 5.32 Å². The van der Waals surface area contributed by atoms with Gasteiger partial charge in [0.1, 0.15) is 12.2 Å². The van der Waals surface area contributed by atoms with Crippen LogP contribution in [0, 0.1) is 0 Å². The number of hydrogen-bond acceptors (Lipinski definition) is 4. The van der Waals surface area contributed by atoms with Crippen LogP contribution in [0.15, 0.2) is 24.3 Å². The highest BCUT2D eigenvalue weighted by atomic mass is 16.3. The van der Waals surface area contributed by atoms with Crippen molar-refractivity contribution in [2.24, 2.45) is 0 Å². The van der Waals surface area contributed by atoms with Crippen molar-refractivity contribution in [1.29, 1.82) is 0 Å². The summed E-state index contributed by atoms with van der Waals surface area (Å²) in [4.78, 5) is 10.7. The Morgan fingerprint density at radius 2 is 1.88 bits per heavy atom. The van der Waals surface area contributed by atoms with Gasteiger partial charge in [0.2, 0.25) is 5.91 Å². The molecule has 0 spiro atoms. The largest absolute Gasteiger partial charge is 0.388 e. The summed E-state index contributed by atoms with van der Waals surface area (Å²) >= 11 is 0. The first-order valence-corrected chi connectivity index (χ1v) is 5.43. The molecule has 17 heavy (non-hydrogen) atoms. The Labute approximate surface area is 100 Å². The molecule has 0 saturated carbocycles. The van der Waals surface area contributed by atoms with E-state index in [1.807, 2.05) is 12.1 Å². The van der Waals surface area contributed by atoms with Gasteiger partial charge in [0, 0.05) is 26.2 Å². The highest BCUT2D eigenvalue weighted by Gasteiger charge is 2.18. The van der Waals surface area contributed by atoms with Crippen molar-refractivity contribution in [3.05, 3.63) is 29.8 Å². The van der Waals surface area contributed by atoms with Crippen LogP contribution in [0.2, 0.25) is 0 Å². The van der Waals surface area contributed by atoms with E-state index in [0.29, 0.717) is 5.56 Å². The van der Waals surface area contributed by atoms with Crippen LogP contribution in [-0.2, 0) is 4.79 Å². The second kappa shape index (κ2) is 6.22. The van der Waals surface area contributed by atoms with E-state index in [-0.39, 0.29) is 12.5 Å². The summed E-state index contributed by atoms with van der Waals surface area (Å²) in [5.41, 5.74) is 1.54. The molecule has 0 fully saturated rings. The van der Waals surface area contributed by atoms with E-state index in [4.69, 9.17) is 0 Å². The van der Waals surface area contributed by atoms with E-state index >= 15 is 0 Å². The predicted octanol–water partition coefficient (Wildman–Crippen LogP) is 0.259. The third kappa shape index (κ3) is 4.05. The number of amides is 1. The van der Waals surface area contributed by atoms with E-state index in [1.54, 1.807) is 19.2 Å². The van der Waals surface area contributed by atoms with Gasteiger partial charge in [-0.15, -0.1) is 0 Å². The van der Waals surface area contributed by atoms with Gasteiger partial charge >= 0.3 is 0 Å². The summed E-state index contributed by atoms with van der Waals surface area (Å²) in [6, 6.07) is 7.08. The van der Waals surface area contributed by atoms with Crippen LogP contribution in [0.25, 0.3) is 0 Å². The Balaban J connectivity index is 2.60. The molecule has 1 aromatic carbocycles. The number of benzene rings is 1. The molecule has 5 nitrogen and oxygen atoms in total. The summed E-state index contributed by atoms with van der Waals surface area (Å²) in [5.74, 6) is -0.234. The Morgan fingerprint density at radius 3 is 2.35 bits per heavy atom. The van der Waals surface area contributed by atoms with Crippen molar-refractivity contribution in [2.75, 3.05) is 18.9 Å². The monoisotopic (exact) mass is 238 g/mol. The van der Waals surface area contributed by atoms with Gasteiger partial charge < -0.3 is 20.8 Å². The molecule has 0 heterocycles. The minimum atomic E-state index is -1.01. The first-order valence-electron chi connectivity index (χ1n) is 5.43. The average Bonchev–Trinajstić information content (AvgIpc) is 2.35. The molecular weight excluding hydrogens is 220 g/mol. The smallest absolute Gasteiger partial charge is 0.216 e. The zero-order valence-corrected chi connectivity index (χ0v) is 9.97. The highest BCUT2D eigenvalue weighted by molar-refractivity contribution is 5.72. The second-order valence-corrected chi connectivity index (χ2v) is 3.82. The number of nitrogens with one attached hydrogen (secondary N) is 2. The number of carbonyl (C=O) groups is 1. The minimum absolute atomic E-state index is 0.0320. The third-order valence-corrected chi connectivity index (χ3v) is 2.47. The topological polar surface area (TPSA) is 81.6 Å².